The van der Waals surface area contributed by atoms with Gasteiger partial charge in [0, 0.05) is 6.54 Å². The standard InChI is InChI=1S/C19H33NO4Si/c1-15-22-14-18(24-25(5,6)19(2,3)4)17(23-15)13-20(21)12-16-10-8-7-9-11-16/h7-11,15,17-18,21H,12-14H2,1-6H3/t15-,17+,18-/m1/s1. The lowest BCUT2D eigenvalue weighted by Gasteiger charge is -2.44. The van der Waals surface area contributed by atoms with E-state index in [1.807, 2.05) is 37.3 Å². The van der Waals surface area contributed by atoms with Gasteiger partial charge in [-0.1, -0.05) is 51.1 Å². The molecular formula is C19H33NO4Si. The zero-order valence-electron chi connectivity index (χ0n) is 16.4. The summed E-state index contributed by atoms with van der Waals surface area (Å²) >= 11 is 0. The first kappa shape index (κ1) is 20.5. The van der Waals surface area contributed by atoms with Crippen molar-refractivity contribution in [2.24, 2.45) is 0 Å². The van der Waals surface area contributed by atoms with E-state index in [9.17, 15) is 5.21 Å². The molecule has 0 saturated carbocycles. The third kappa shape index (κ3) is 5.87. The second-order valence-corrected chi connectivity index (χ2v) is 13.1. The highest BCUT2D eigenvalue weighted by molar-refractivity contribution is 6.74. The quantitative estimate of drug-likeness (QED) is 0.608. The summed E-state index contributed by atoms with van der Waals surface area (Å²) in [5.41, 5.74) is 1.06. The van der Waals surface area contributed by atoms with Gasteiger partial charge >= 0.3 is 0 Å². The maximum absolute atomic E-state index is 10.4. The molecule has 3 atom stereocenters. The first-order valence-corrected chi connectivity index (χ1v) is 11.9. The maximum Gasteiger partial charge on any atom is 0.192 e. The molecule has 1 aliphatic heterocycles. The Balaban J connectivity index is 2.01. The van der Waals surface area contributed by atoms with Crippen molar-refractivity contribution in [2.45, 2.75) is 70.9 Å². The lowest BCUT2D eigenvalue weighted by Crippen LogP contribution is -2.55. The number of ether oxygens (including phenoxy) is 2. The SMILES string of the molecule is C[C@@H]1OC[C@@H](O[Si](C)(C)C(C)(C)C)[C@H](CN(O)Cc2ccccc2)O1. The number of rotatable bonds is 6. The van der Waals surface area contributed by atoms with Gasteiger partial charge in [-0.05, 0) is 30.6 Å². The third-order valence-corrected chi connectivity index (χ3v) is 9.63. The van der Waals surface area contributed by atoms with Crippen LogP contribution in [0.25, 0.3) is 0 Å². The molecule has 0 radical (unpaired) electrons. The van der Waals surface area contributed by atoms with Crippen LogP contribution >= 0.6 is 0 Å². The lowest BCUT2D eigenvalue weighted by atomic mass is 10.1. The third-order valence-electron chi connectivity index (χ3n) is 5.13. The van der Waals surface area contributed by atoms with Crippen LogP contribution in [0.2, 0.25) is 18.1 Å². The van der Waals surface area contributed by atoms with E-state index in [2.05, 4.69) is 33.9 Å². The minimum absolute atomic E-state index is 0.115. The average Bonchev–Trinajstić information content (AvgIpc) is 2.49. The van der Waals surface area contributed by atoms with E-state index in [0.29, 0.717) is 19.7 Å². The van der Waals surface area contributed by atoms with E-state index < -0.39 is 8.32 Å². The average molecular weight is 368 g/mol. The van der Waals surface area contributed by atoms with Gasteiger partial charge in [0.25, 0.3) is 0 Å². The number of hydrogen-bond donors (Lipinski definition) is 1. The normalized spacial score (nSPS) is 25.4. The molecule has 142 valence electrons. The zero-order chi connectivity index (χ0) is 18.7. The van der Waals surface area contributed by atoms with Crippen LogP contribution in [-0.2, 0) is 20.4 Å². The van der Waals surface area contributed by atoms with Crippen molar-refractivity contribution in [1.82, 2.24) is 5.06 Å². The van der Waals surface area contributed by atoms with Gasteiger partial charge in [0.2, 0.25) is 0 Å². The molecule has 0 aliphatic carbocycles. The van der Waals surface area contributed by atoms with Gasteiger partial charge < -0.3 is 19.1 Å². The largest absolute Gasteiger partial charge is 0.409 e. The molecule has 2 rings (SSSR count). The molecule has 1 saturated heterocycles. The van der Waals surface area contributed by atoms with E-state index in [0.717, 1.165) is 5.56 Å². The summed E-state index contributed by atoms with van der Waals surface area (Å²) in [5, 5.41) is 11.8. The van der Waals surface area contributed by atoms with E-state index in [1.165, 1.54) is 5.06 Å². The van der Waals surface area contributed by atoms with Crippen LogP contribution in [0.4, 0.5) is 0 Å². The molecule has 1 aromatic rings. The Morgan fingerprint density at radius 1 is 1.24 bits per heavy atom. The zero-order valence-corrected chi connectivity index (χ0v) is 17.4. The van der Waals surface area contributed by atoms with E-state index in [-0.39, 0.29) is 23.5 Å². The molecule has 0 spiro atoms. The van der Waals surface area contributed by atoms with Crippen LogP contribution < -0.4 is 0 Å². The number of hydroxylamine groups is 2. The van der Waals surface area contributed by atoms with Crippen molar-refractivity contribution in [3.63, 3.8) is 0 Å². The van der Waals surface area contributed by atoms with Gasteiger partial charge in [-0.15, -0.1) is 0 Å². The van der Waals surface area contributed by atoms with Crippen molar-refractivity contribution < 1.29 is 19.1 Å². The predicted molar refractivity (Wildman–Crippen MR) is 101 cm³/mol. The fraction of sp³-hybridized carbons (Fsp3) is 0.684. The monoisotopic (exact) mass is 367 g/mol. The van der Waals surface area contributed by atoms with Crippen LogP contribution in [0.5, 0.6) is 0 Å². The Hall–Kier alpha value is -0.763. The van der Waals surface area contributed by atoms with Crippen molar-refractivity contribution in [3.8, 4) is 0 Å². The van der Waals surface area contributed by atoms with E-state index >= 15 is 0 Å². The van der Waals surface area contributed by atoms with Crippen LogP contribution in [0, 0.1) is 0 Å². The molecule has 1 aliphatic rings. The summed E-state index contributed by atoms with van der Waals surface area (Å²) in [6.45, 7) is 14.3. The van der Waals surface area contributed by atoms with Gasteiger partial charge in [0.15, 0.2) is 14.6 Å². The molecule has 6 heteroatoms. The van der Waals surface area contributed by atoms with E-state index in [1.54, 1.807) is 0 Å². The highest BCUT2D eigenvalue weighted by Gasteiger charge is 2.43. The Kier molecular flexibility index (Phi) is 6.81. The Bertz CT molecular complexity index is 532. The van der Waals surface area contributed by atoms with Gasteiger partial charge in [-0.3, -0.25) is 0 Å². The Morgan fingerprint density at radius 2 is 1.88 bits per heavy atom. The van der Waals surface area contributed by atoms with Crippen molar-refractivity contribution in [1.29, 1.82) is 0 Å². The first-order chi connectivity index (χ1) is 11.6. The summed E-state index contributed by atoms with van der Waals surface area (Å²) in [5.74, 6) is 0. The van der Waals surface area contributed by atoms with Crippen LogP contribution in [-0.4, -0.2) is 50.2 Å². The molecule has 1 heterocycles. The first-order valence-electron chi connectivity index (χ1n) is 9.01. The molecule has 0 unspecified atom stereocenters. The number of benzene rings is 1. The second kappa shape index (κ2) is 8.29. The Morgan fingerprint density at radius 3 is 2.48 bits per heavy atom. The van der Waals surface area contributed by atoms with Gasteiger partial charge in [-0.2, -0.15) is 5.06 Å². The van der Waals surface area contributed by atoms with Crippen LogP contribution in [0.15, 0.2) is 30.3 Å². The van der Waals surface area contributed by atoms with Crippen molar-refractivity contribution in [3.05, 3.63) is 35.9 Å². The maximum atomic E-state index is 10.4. The highest BCUT2D eigenvalue weighted by Crippen LogP contribution is 2.38. The molecule has 0 amide bonds. The fourth-order valence-corrected chi connectivity index (χ4v) is 3.93. The summed E-state index contributed by atoms with van der Waals surface area (Å²) in [6, 6.07) is 9.91. The smallest absolute Gasteiger partial charge is 0.192 e. The molecule has 1 N–H and O–H groups in total. The lowest BCUT2D eigenvalue weighted by molar-refractivity contribution is -0.258. The summed E-state index contributed by atoms with van der Waals surface area (Å²) in [4.78, 5) is 0. The predicted octanol–water partition coefficient (Wildman–Crippen LogP) is 4.03. The molecule has 25 heavy (non-hydrogen) atoms. The highest BCUT2D eigenvalue weighted by atomic mass is 28.4. The van der Waals surface area contributed by atoms with E-state index in [4.69, 9.17) is 13.9 Å². The minimum Gasteiger partial charge on any atom is -0.409 e. The van der Waals surface area contributed by atoms with Crippen molar-refractivity contribution in [2.75, 3.05) is 13.2 Å². The van der Waals surface area contributed by atoms with Crippen molar-refractivity contribution >= 4 is 8.32 Å². The topological polar surface area (TPSA) is 51.2 Å². The Labute approximate surface area is 153 Å². The van der Waals surface area contributed by atoms with Crippen LogP contribution in [0.1, 0.15) is 33.3 Å². The molecular weight excluding hydrogens is 334 g/mol. The van der Waals surface area contributed by atoms with Crippen LogP contribution in [0.3, 0.4) is 0 Å². The summed E-state index contributed by atoms with van der Waals surface area (Å²) in [7, 11) is -1.94. The van der Waals surface area contributed by atoms with Gasteiger partial charge in [0.05, 0.1) is 19.3 Å². The molecule has 1 fully saturated rings. The number of nitrogens with zero attached hydrogens (tertiary/aromatic N) is 1. The molecule has 0 aromatic heterocycles. The molecule has 1 aromatic carbocycles. The fourth-order valence-electron chi connectivity index (χ4n) is 2.60. The van der Waals surface area contributed by atoms with Gasteiger partial charge in [0.1, 0.15) is 6.10 Å². The second-order valence-electron chi connectivity index (χ2n) is 8.32. The van der Waals surface area contributed by atoms with Gasteiger partial charge in [-0.25, -0.2) is 0 Å². The molecule has 5 nitrogen and oxygen atoms in total. The minimum atomic E-state index is -1.94. The summed E-state index contributed by atoms with van der Waals surface area (Å²) in [6.07, 6.45) is -0.663. The number of hydrogen-bond acceptors (Lipinski definition) is 5. The summed E-state index contributed by atoms with van der Waals surface area (Å²) < 4.78 is 18.1. The molecule has 0 bridgehead atoms.